The number of aromatic amines is 1. The second-order valence-electron chi connectivity index (χ2n) is 6.59. The van der Waals surface area contributed by atoms with Gasteiger partial charge in [-0.1, -0.05) is 36.4 Å². The van der Waals surface area contributed by atoms with Crippen LogP contribution in [0.15, 0.2) is 15.8 Å². The number of esters is 1. The quantitative estimate of drug-likeness (QED) is 0.293. The van der Waals surface area contributed by atoms with Gasteiger partial charge in [0.15, 0.2) is 6.23 Å². The number of methoxy groups -OCH3 is 1. The molecule has 146 valence electrons. The van der Waals surface area contributed by atoms with Crippen molar-refractivity contribution in [1.29, 1.82) is 0 Å². The van der Waals surface area contributed by atoms with Gasteiger partial charge in [0.2, 0.25) is 0 Å². The average molecular weight is 482 g/mol. The lowest BCUT2D eigenvalue weighted by atomic mass is 9.97. The molecule has 1 aromatic heterocycles. The molecule has 0 bridgehead atoms. The highest BCUT2D eigenvalue weighted by molar-refractivity contribution is 14.1. The molecule has 0 spiro atoms. The van der Waals surface area contributed by atoms with Crippen molar-refractivity contribution >= 4 is 28.6 Å². The monoisotopic (exact) mass is 482 g/mol. The van der Waals surface area contributed by atoms with Gasteiger partial charge in [0, 0.05) is 15.2 Å². The van der Waals surface area contributed by atoms with Gasteiger partial charge in [-0.05, 0) is 12.8 Å². The molecule has 0 aliphatic carbocycles. The zero-order chi connectivity index (χ0) is 19.6. The summed E-state index contributed by atoms with van der Waals surface area (Å²) in [6.45, 7) is 4.01. The molecule has 1 saturated heterocycles. The van der Waals surface area contributed by atoms with E-state index in [4.69, 9.17) is 4.74 Å². The number of nitrogens with zero attached hydrogens (tertiary/aromatic N) is 1. The number of aliphatic hydroxyl groups is 2. The summed E-state index contributed by atoms with van der Waals surface area (Å²) < 4.78 is 11.1. The van der Waals surface area contributed by atoms with Gasteiger partial charge in [-0.2, -0.15) is 0 Å². The van der Waals surface area contributed by atoms with Crippen molar-refractivity contribution < 1.29 is 24.5 Å². The third-order valence-corrected chi connectivity index (χ3v) is 5.78. The Labute approximate surface area is 163 Å². The normalized spacial score (nSPS) is 27.9. The van der Waals surface area contributed by atoms with E-state index >= 15 is 0 Å². The molecule has 0 saturated carbocycles. The largest absolute Gasteiger partial charge is 0.469 e. The second-order valence-corrected chi connectivity index (χ2v) is 9.20. The Morgan fingerprint density at radius 3 is 2.65 bits per heavy atom. The van der Waals surface area contributed by atoms with E-state index in [0.717, 1.165) is 17.2 Å². The maximum absolute atomic E-state index is 12.2. The average Bonchev–Trinajstić information content (AvgIpc) is 2.85. The van der Waals surface area contributed by atoms with Crippen LogP contribution in [0.3, 0.4) is 0 Å². The molecular weight excluding hydrogens is 459 g/mol. The third kappa shape index (κ3) is 4.53. The molecule has 1 aliphatic rings. The minimum atomic E-state index is -1.35. The van der Waals surface area contributed by atoms with Crippen LogP contribution in [0, 0.1) is 0 Å². The van der Waals surface area contributed by atoms with Crippen LogP contribution in [0.2, 0.25) is 0 Å². The predicted octanol–water partition coefficient (Wildman–Crippen LogP) is -0.135. The number of hydrogen-bond acceptors (Lipinski definition) is 7. The number of alkyl halides is 1. The summed E-state index contributed by atoms with van der Waals surface area (Å²) in [4.78, 5) is 37.5. The Morgan fingerprint density at radius 1 is 1.42 bits per heavy atom. The van der Waals surface area contributed by atoms with Crippen LogP contribution in [0.1, 0.15) is 38.5 Å². The fraction of sp³-hybridized carbons (Fsp3) is 0.688. The SMILES string of the molecule is CCC(C)(I)C[C@H]1O[C@@H](n2cc(CC(=O)OC)c(=O)[nH]c2=O)[C@H](O)[C@@H]1O. The lowest BCUT2D eigenvalue weighted by Gasteiger charge is -2.25. The highest BCUT2D eigenvalue weighted by Crippen LogP contribution is 2.37. The van der Waals surface area contributed by atoms with E-state index in [1.807, 2.05) is 13.8 Å². The van der Waals surface area contributed by atoms with Gasteiger partial charge in [-0.15, -0.1) is 0 Å². The van der Waals surface area contributed by atoms with Crippen molar-refractivity contribution in [3.63, 3.8) is 0 Å². The Kier molecular flexibility index (Phi) is 6.64. The van der Waals surface area contributed by atoms with Crippen molar-refractivity contribution in [3.8, 4) is 0 Å². The fourth-order valence-corrected chi connectivity index (χ4v) is 3.20. The van der Waals surface area contributed by atoms with Crippen LogP contribution >= 0.6 is 22.6 Å². The van der Waals surface area contributed by atoms with Crippen molar-refractivity contribution in [1.82, 2.24) is 9.55 Å². The zero-order valence-electron chi connectivity index (χ0n) is 14.8. The Bertz CT molecular complexity index is 773. The van der Waals surface area contributed by atoms with E-state index in [1.54, 1.807) is 0 Å². The highest BCUT2D eigenvalue weighted by Gasteiger charge is 2.46. The number of rotatable bonds is 6. The molecular formula is C16H23IN2O7. The Hall–Kier alpha value is -1.24. The molecule has 0 amide bonds. The number of ether oxygens (including phenoxy) is 2. The lowest BCUT2D eigenvalue weighted by molar-refractivity contribution is -0.139. The number of aromatic nitrogens is 2. The topological polar surface area (TPSA) is 131 Å². The first-order chi connectivity index (χ1) is 12.1. The van der Waals surface area contributed by atoms with Crippen LogP contribution in [0.5, 0.6) is 0 Å². The molecule has 2 heterocycles. The summed E-state index contributed by atoms with van der Waals surface area (Å²) in [5, 5.41) is 20.6. The smallest absolute Gasteiger partial charge is 0.330 e. The van der Waals surface area contributed by atoms with Crippen LogP contribution in [-0.2, 0) is 20.7 Å². The van der Waals surface area contributed by atoms with E-state index in [-0.39, 0.29) is 15.4 Å². The molecule has 26 heavy (non-hydrogen) atoms. The van der Waals surface area contributed by atoms with Crippen molar-refractivity contribution in [2.24, 2.45) is 0 Å². The molecule has 2 rings (SSSR count). The summed E-state index contributed by atoms with van der Waals surface area (Å²) in [5.41, 5.74) is -1.52. The van der Waals surface area contributed by atoms with Gasteiger partial charge in [0.25, 0.3) is 5.56 Å². The van der Waals surface area contributed by atoms with E-state index in [9.17, 15) is 24.6 Å². The molecule has 1 unspecified atom stereocenters. The van der Waals surface area contributed by atoms with Crippen molar-refractivity contribution in [2.45, 2.75) is 61.1 Å². The van der Waals surface area contributed by atoms with E-state index < -0.39 is 41.8 Å². The van der Waals surface area contributed by atoms with Gasteiger partial charge in [-0.3, -0.25) is 19.1 Å². The molecule has 3 N–H and O–H groups in total. The van der Waals surface area contributed by atoms with Gasteiger partial charge in [0.05, 0.1) is 19.6 Å². The van der Waals surface area contributed by atoms with Gasteiger partial charge >= 0.3 is 11.7 Å². The van der Waals surface area contributed by atoms with Crippen molar-refractivity contribution in [2.75, 3.05) is 7.11 Å². The number of carbonyl (C=O) groups excluding carboxylic acids is 1. The minimum absolute atomic E-state index is 0.00234. The third-order valence-electron chi connectivity index (χ3n) is 4.58. The van der Waals surface area contributed by atoms with Crippen LogP contribution in [0.4, 0.5) is 0 Å². The molecule has 1 aromatic rings. The number of nitrogens with one attached hydrogen (secondary N) is 1. The maximum atomic E-state index is 12.2. The summed E-state index contributed by atoms with van der Waals surface area (Å²) in [6.07, 6.45) is -2.22. The Morgan fingerprint density at radius 2 is 2.08 bits per heavy atom. The summed E-state index contributed by atoms with van der Waals surface area (Å²) in [5.74, 6) is -0.643. The molecule has 1 fully saturated rings. The first-order valence-electron chi connectivity index (χ1n) is 8.21. The molecule has 9 nitrogen and oxygen atoms in total. The molecule has 5 atom stereocenters. The molecule has 0 aromatic carbocycles. The van der Waals surface area contributed by atoms with Gasteiger partial charge < -0.3 is 19.7 Å². The maximum Gasteiger partial charge on any atom is 0.330 e. The van der Waals surface area contributed by atoms with Gasteiger partial charge in [-0.25, -0.2) is 4.79 Å². The summed E-state index contributed by atoms with van der Waals surface area (Å²) >= 11 is 2.26. The highest BCUT2D eigenvalue weighted by atomic mass is 127. The van der Waals surface area contributed by atoms with E-state index in [0.29, 0.717) is 6.42 Å². The zero-order valence-corrected chi connectivity index (χ0v) is 16.9. The second kappa shape index (κ2) is 8.19. The van der Waals surface area contributed by atoms with Crippen LogP contribution in [0.25, 0.3) is 0 Å². The summed E-state index contributed by atoms with van der Waals surface area (Å²) in [6, 6.07) is 0. The summed E-state index contributed by atoms with van der Waals surface area (Å²) in [7, 11) is 1.19. The standard InChI is InChI=1S/C16H23IN2O7/c1-4-16(2,17)6-9-11(21)12(22)14(26-9)19-7-8(5-10(20)25-3)13(23)18-15(19)24/h7,9,11-12,14,21-22H,4-6H2,1-3H3,(H,18,23,24)/t9-,11-,12-,14-,16?/m1/s1. The number of H-pyrrole nitrogens is 1. The predicted molar refractivity (Wildman–Crippen MR) is 100 cm³/mol. The van der Waals surface area contributed by atoms with Crippen LogP contribution in [-0.4, -0.2) is 54.6 Å². The lowest BCUT2D eigenvalue weighted by Crippen LogP contribution is -2.39. The molecule has 0 radical (unpaired) electrons. The van der Waals surface area contributed by atoms with Crippen LogP contribution < -0.4 is 11.2 Å². The van der Waals surface area contributed by atoms with Crippen molar-refractivity contribution in [3.05, 3.63) is 32.6 Å². The molecule has 1 aliphatic heterocycles. The van der Waals surface area contributed by atoms with E-state index in [2.05, 4.69) is 32.3 Å². The number of aliphatic hydroxyl groups excluding tert-OH is 2. The van der Waals surface area contributed by atoms with Gasteiger partial charge in [0.1, 0.15) is 12.2 Å². The van der Waals surface area contributed by atoms with E-state index in [1.165, 1.54) is 7.11 Å². The number of halogens is 1. The Balaban J connectivity index is 2.33. The first kappa shape index (κ1) is 21.1. The fourth-order valence-electron chi connectivity index (χ4n) is 2.76. The molecule has 10 heteroatoms. The minimum Gasteiger partial charge on any atom is -0.469 e. The first-order valence-corrected chi connectivity index (χ1v) is 9.29. The number of hydrogen-bond donors (Lipinski definition) is 3. The number of carbonyl (C=O) groups is 1.